The summed E-state index contributed by atoms with van der Waals surface area (Å²) in [5, 5.41) is 1.56. The van der Waals surface area contributed by atoms with Gasteiger partial charge in [-0.25, -0.2) is 9.59 Å². The molecule has 2 aromatic carbocycles. The Labute approximate surface area is 164 Å². The molecule has 0 aliphatic carbocycles. The highest BCUT2D eigenvalue weighted by Crippen LogP contribution is 2.22. The third-order valence-electron chi connectivity index (χ3n) is 4.53. The number of nitrogens with one attached hydrogen (secondary N) is 1. The van der Waals surface area contributed by atoms with Gasteiger partial charge in [0.2, 0.25) is 5.78 Å². The molecule has 0 unspecified atom stereocenters. The number of para-hydroxylation sites is 1. The van der Waals surface area contributed by atoms with Crippen molar-refractivity contribution in [3.05, 3.63) is 76.3 Å². The minimum absolute atomic E-state index is 0.307. The molecule has 0 radical (unpaired) electrons. The van der Waals surface area contributed by atoms with Crippen LogP contribution < -0.4 is 10.4 Å². The van der Waals surface area contributed by atoms with Crippen molar-refractivity contribution in [2.75, 3.05) is 13.2 Å². The molecule has 0 atom stereocenters. The molecular weight excluding hydrogens is 374 g/mol. The number of ether oxygens (including phenoxy) is 2. The van der Waals surface area contributed by atoms with E-state index in [0.29, 0.717) is 16.9 Å². The highest BCUT2D eigenvalue weighted by atomic mass is 16.6. The van der Waals surface area contributed by atoms with Crippen molar-refractivity contribution in [1.29, 1.82) is 0 Å². The summed E-state index contributed by atoms with van der Waals surface area (Å²) in [5.74, 6) is -0.631. The first kappa shape index (κ1) is 18.5. The second kappa shape index (κ2) is 7.63. The van der Waals surface area contributed by atoms with Gasteiger partial charge in [-0.2, -0.15) is 0 Å². The van der Waals surface area contributed by atoms with Crippen LogP contribution in [0.3, 0.4) is 0 Å². The molecule has 146 valence electrons. The Hall–Kier alpha value is -3.87. The summed E-state index contributed by atoms with van der Waals surface area (Å²) in [6.07, 6.45) is 1.60. The Kier molecular flexibility index (Phi) is 4.87. The largest absolute Gasteiger partial charge is 0.482 e. The quantitative estimate of drug-likeness (QED) is 0.307. The molecule has 0 saturated carbocycles. The zero-order valence-corrected chi connectivity index (χ0v) is 15.6. The number of carbonyl (C=O) groups excluding carboxylic acids is 2. The molecule has 29 heavy (non-hydrogen) atoms. The molecule has 7 heteroatoms. The third-order valence-corrected chi connectivity index (χ3v) is 4.53. The lowest BCUT2D eigenvalue weighted by molar-refractivity contribution is -0.144. The number of rotatable bonds is 6. The van der Waals surface area contributed by atoms with E-state index in [1.54, 1.807) is 18.3 Å². The minimum atomic E-state index is -0.677. The number of hydrogen-bond acceptors (Lipinski definition) is 6. The van der Waals surface area contributed by atoms with Crippen molar-refractivity contribution in [2.24, 2.45) is 0 Å². The second-order valence-electron chi connectivity index (χ2n) is 6.53. The predicted octanol–water partition coefficient (Wildman–Crippen LogP) is 3.39. The lowest BCUT2D eigenvalue weighted by atomic mass is 10.1. The van der Waals surface area contributed by atoms with Gasteiger partial charge in [-0.15, -0.1) is 0 Å². The fourth-order valence-corrected chi connectivity index (χ4v) is 3.10. The molecule has 0 bridgehead atoms. The van der Waals surface area contributed by atoms with Gasteiger partial charge in [0.15, 0.2) is 13.2 Å². The Morgan fingerprint density at radius 1 is 1.03 bits per heavy atom. The van der Waals surface area contributed by atoms with Gasteiger partial charge in [-0.05, 0) is 30.7 Å². The Morgan fingerprint density at radius 3 is 2.72 bits per heavy atom. The fourth-order valence-electron chi connectivity index (χ4n) is 3.10. The molecule has 0 aliphatic heterocycles. The van der Waals surface area contributed by atoms with Crippen molar-refractivity contribution in [2.45, 2.75) is 6.92 Å². The molecule has 0 aliphatic rings. The lowest BCUT2D eigenvalue weighted by Crippen LogP contribution is -2.19. The number of aromatic amines is 1. The molecule has 2 aromatic heterocycles. The first-order valence-corrected chi connectivity index (χ1v) is 8.93. The van der Waals surface area contributed by atoms with Crippen molar-refractivity contribution in [1.82, 2.24) is 4.98 Å². The predicted molar refractivity (Wildman–Crippen MR) is 106 cm³/mol. The van der Waals surface area contributed by atoms with Crippen LogP contribution in [0, 0.1) is 6.92 Å². The number of aryl methyl sites for hydroxylation is 1. The van der Waals surface area contributed by atoms with Crippen LogP contribution in [0.2, 0.25) is 0 Å². The number of H-pyrrole nitrogens is 1. The van der Waals surface area contributed by atoms with Gasteiger partial charge < -0.3 is 18.9 Å². The van der Waals surface area contributed by atoms with Gasteiger partial charge in [0.1, 0.15) is 11.3 Å². The molecule has 0 saturated heterocycles. The number of carbonyl (C=O) groups is 2. The van der Waals surface area contributed by atoms with E-state index in [9.17, 15) is 14.4 Å². The van der Waals surface area contributed by atoms with Gasteiger partial charge in [0.25, 0.3) is 0 Å². The Balaban J connectivity index is 1.36. The van der Waals surface area contributed by atoms with E-state index >= 15 is 0 Å². The first-order chi connectivity index (χ1) is 14.0. The van der Waals surface area contributed by atoms with Crippen LogP contribution in [-0.2, 0) is 9.53 Å². The van der Waals surface area contributed by atoms with E-state index in [1.165, 1.54) is 12.1 Å². The number of fused-ring (bicyclic) bond motifs is 2. The van der Waals surface area contributed by atoms with Crippen LogP contribution in [0.15, 0.2) is 63.9 Å². The molecule has 2 heterocycles. The van der Waals surface area contributed by atoms with E-state index in [1.807, 2.05) is 31.2 Å². The van der Waals surface area contributed by atoms with Crippen molar-refractivity contribution in [3.8, 4) is 5.75 Å². The number of hydrogen-bond donors (Lipinski definition) is 1. The molecule has 4 aromatic rings. The zero-order valence-electron chi connectivity index (χ0n) is 15.6. The average Bonchev–Trinajstić information content (AvgIpc) is 3.14. The van der Waals surface area contributed by atoms with E-state index in [2.05, 4.69) is 4.98 Å². The van der Waals surface area contributed by atoms with Crippen LogP contribution in [-0.4, -0.2) is 30.0 Å². The fraction of sp³-hybridized carbons (Fsp3) is 0.136. The number of Topliss-reactive ketones (excluding diaryl/α,β-unsaturated/α-hetero) is 1. The summed E-state index contributed by atoms with van der Waals surface area (Å²) < 4.78 is 15.6. The van der Waals surface area contributed by atoms with Crippen LogP contribution in [0.25, 0.3) is 21.9 Å². The van der Waals surface area contributed by atoms with Crippen LogP contribution >= 0.6 is 0 Å². The molecule has 1 N–H and O–H groups in total. The summed E-state index contributed by atoms with van der Waals surface area (Å²) in [6.45, 7) is 1.06. The molecular formula is C22H17NO6. The van der Waals surface area contributed by atoms with Gasteiger partial charge in [0, 0.05) is 40.2 Å². The van der Waals surface area contributed by atoms with E-state index in [4.69, 9.17) is 13.9 Å². The molecule has 0 spiro atoms. The SMILES string of the molecule is Cc1cc(=O)oc2cc(OCC(=O)OCC(=O)c3c[nH]c4ccccc34)ccc12. The van der Waals surface area contributed by atoms with Gasteiger partial charge in [0.05, 0.1) is 0 Å². The van der Waals surface area contributed by atoms with E-state index in [0.717, 1.165) is 21.9 Å². The van der Waals surface area contributed by atoms with E-state index in [-0.39, 0.29) is 19.0 Å². The summed E-state index contributed by atoms with van der Waals surface area (Å²) in [5.41, 5.74) is 2.01. The van der Waals surface area contributed by atoms with E-state index < -0.39 is 11.6 Å². The molecule has 7 nitrogen and oxygen atoms in total. The maximum Gasteiger partial charge on any atom is 0.344 e. The van der Waals surface area contributed by atoms with Crippen LogP contribution in [0.5, 0.6) is 5.75 Å². The van der Waals surface area contributed by atoms with Crippen molar-refractivity contribution in [3.63, 3.8) is 0 Å². The molecule has 4 rings (SSSR count). The Bertz CT molecular complexity index is 1280. The highest BCUT2D eigenvalue weighted by Gasteiger charge is 2.14. The number of esters is 1. The van der Waals surface area contributed by atoms with Gasteiger partial charge in [-0.3, -0.25) is 4.79 Å². The van der Waals surface area contributed by atoms with Crippen LogP contribution in [0.4, 0.5) is 0 Å². The Morgan fingerprint density at radius 2 is 1.86 bits per heavy atom. The van der Waals surface area contributed by atoms with Gasteiger partial charge in [-0.1, -0.05) is 18.2 Å². The van der Waals surface area contributed by atoms with Crippen molar-refractivity contribution < 1.29 is 23.5 Å². The summed E-state index contributed by atoms with van der Waals surface area (Å²) in [6, 6.07) is 13.7. The standard InChI is InChI=1S/C22H17NO6/c1-13-8-21(25)29-20-9-14(6-7-15(13)20)27-12-22(26)28-11-19(24)17-10-23-18-5-3-2-4-16(17)18/h2-10,23H,11-12H2,1H3. The molecule has 0 amide bonds. The first-order valence-electron chi connectivity index (χ1n) is 8.93. The average molecular weight is 391 g/mol. The smallest absolute Gasteiger partial charge is 0.344 e. The maximum absolute atomic E-state index is 12.3. The minimum Gasteiger partial charge on any atom is -0.482 e. The van der Waals surface area contributed by atoms with Crippen molar-refractivity contribution >= 4 is 33.6 Å². The number of benzene rings is 2. The second-order valence-corrected chi connectivity index (χ2v) is 6.53. The number of aromatic nitrogens is 1. The normalized spacial score (nSPS) is 10.9. The summed E-state index contributed by atoms with van der Waals surface area (Å²) >= 11 is 0. The highest BCUT2D eigenvalue weighted by molar-refractivity contribution is 6.08. The maximum atomic E-state index is 12.3. The monoisotopic (exact) mass is 391 g/mol. The van der Waals surface area contributed by atoms with Crippen LogP contribution in [0.1, 0.15) is 15.9 Å². The summed E-state index contributed by atoms with van der Waals surface area (Å²) in [7, 11) is 0. The number of ketones is 1. The third kappa shape index (κ3) is 3.89. The van der Waals surface area contributed by atoms with Gasteiger partial charge >= 0.3 is 11.6 Å². The zero-order chi connectivity index (χ0) is 20.4. The lowest BCUT2D eigenvalue weighted by Gasteiger charge is -2.08. The summed E-state index contributed by atoms with van der Waals surface area (Å²) in [4.78, 5) is 38.8. The molecule has 0 fully saturated rings. The topological polar surface area (TPSA) is 98.6 Å².